The maximum absolute atomic E-state index is 13.0. The molecule has 0 bridgehead atoms. The number of piperidine rings is 1. The van der Waals surface area contributed by atoms with Gasteiger partial charge in [0.2, 0.25) is 26.0 Å². The number of hydrogen-bond acceptors (Lipinski definition) is 6. The minimum atomic E-state index is -3.66. The number of hydrogen-bond donors (Lipinski definition) is 1. The first-order valence-corrected chi connectivity index (χ1v) is 13.2. The molecule has 0 aliphatic carbocycles. The number of amides is 1. The maximum atomic E-state index is 13.0. The number of nitrogens with zero attached hydrogens (tertiary/aromatic N) is 2. The smallest absolute Gasteiger partial charge is 0.243 e. The van der Waals surface area contributed by atoms with Crippen LogP contribution in [0.25, 0.3) is 0 Å². The van der Waals surface area contributed by atoms with E-state index in [9.17, 15) is 21.6 Å². The fourth-order valence-electron chi connectivity index (χ4n) is 3.73. The number of morpholine rings is 1. The first-order valence-electron chi connectivity index (χ1n) is 10.2. The number of benzene rings is 1. The zero-order chi connectivity index (χ0) is 21.8. The Morgan fingerprint density at radius 3 is 2.30 bits per heavy atom. The number of nitrogens with one attached hydrogen (secondary N) is 1. The standard InChI is InChI=1S/C19H29N3O6S2/c1-2-29(24,25)21-9-7-16(8-10-21)19(23)20-15-17-5-3-4-6-18(17)30(26,27)22-11-13-28-14-12-22/h3-6,16H,2,7-15H2,1H3,(H,20,23). The molecule has 0 atom stereocenters. The van der Waals surface area contributed by atoms with Crippen LogP contribution in [0.5, 0.6) is 0 Å². The summed E-state index contributed by atoms with van der Waals surface area (Å²) < 4.78 is 58.0. The summed E-state index contributed by atoms with van der Waals surface area (Å²) >= 11 is 0. The zero-order valence-corrected chi connectivity index (χ0v) is 18.8. The first-order chi connectivity index (χ1) is 14.3. The van der Waals surface area contributed by atoms with Gasteiger partial charge in [0.1, 0.15) is 0 Å². The Morgan fingerprint density at radius 1 is 1.03 bits per heavy atom. The summed E-state index contributed by atoms with van der Waals surface area (Å²) in [5.41, 5.74) is 0.531. The number of carbonyl (C=O) groups excluding carboxylic acids is 1. The van der Waals surface area contributed by atoms with Crippen LogP contribution in [0.3, 0.4) is 0 Å². The van der Waals surface area contributed by atoms with Gasteiger partial charge >= 0.3 is 0 Å². The molecule has 0 radical (unpaired) electrons. The highest BCUT2D eigenvalue weighted by Gasteiger charge is 2.31. The van der Waals surface area contributed by atoms with Gasteiger partial charge in [-0.1, -0.05) is 18.2 Å². The SMILES string of the molecule is CCS(=O)(=O)N1CCC(C(=O)NCc2ccccc2S(=O)(=O)N2CCOCC2)CC1. The maximum Gasteiger partial charge on any atom is 0.243 e. The predicted molar refractivity (Wildman–Crippen MR) is 112 cm³/mol. The van der Waals surface area contributed by atoms with Crippen molar-refractivity contribution in [2.75, 3.05) is 45.1 Å². The molecule has 1 aromatic rings. The third kappa shape index (κ3) is 5.20. The van der Waals surface area contributed by atoms with E-state index in [1.54, 1.807) is 31.2 Å². The minimum absolute atomic E-state index is 0.0538. The van der Waals surface area contributed by atoms with Gasteiger partial charge in [-0.25, -0.2) is 21.1 Å². The van der Waals surface area contributed by atoms with Crippen LogP contribution in [0.4, 0.5) is 0 Å². The van der Waals surface area contributed by atoms with E-state index in [0.717, 1.165) is 0 Å². The summed E-state index contributed by atoms with van der Waals surface area (Å²) in [5, 5.41) is 2.84. The summed E-state index contributed by atoms with van der Waals surface area (Å²) in [4.78, 5) is 12.8. The molecule has 11 heteroatoms. The summed E-state index contributed by atoms with van der Waals surface area (Å²) in [6.45, 7) is 3.72. The quantitative estimate of drug-likeness (QED) is 0.631. The minimum Gasteiger partial charge on any atom is -0.379 e. The lowest BCUT2D eigenvalue weighted by Crippen LogP contribution is -2.43. The monoisotopic (exact) mass is 459 g/mol. The van der Waals surface area contributed by atoms with Crippen molar-refractivity contribution in [1.29, 1.82) is 0 Å². The second kappa shape index (κ2) is 9.73. The van der Waals surface area contributed by atoms with Gasteiger partial charge in [0.05, 0.1) is 23.9 Å². The highest BCUT2D eigenvalue weighted by molar-refractivity contribution is 7.89. The third-order valence-electron chi connectivity index (χ3n) is 5.60. The van der Waals surface area contributed by atoms with Crippen LogP contribution in [-0.2, 0) is 36.1 Å². The number of carbonyl (C=O) groups is 1. The molecule has 0 spiro atoms. The van der Waals surface area contributed by atoms with Gasteiger partial charge in [-0.05, 0) is 31.4 Å². The fraction of sp³-hybridized carbons (Fsp3) is 0.632. The Balaban J connectivity index is 1.62. The lowest BCUT2D eigenvalue weighted by Gasteiger charge is -2.30. The Labute approximate surface area is 178 Å². The Hall–Kier alpha value is -1.53. The van der Waals surface area contributed by atoms with E-state index < -0.39 is 20.0 Å². The van der Waals surface area contributed by atoms with Crippen molar-refractivity contribution in [3.05, 3.63) is 29.8 Å². The van der Waals surface area contributed by atoms with Gasteiger partial charge in [-0.2, -0.15) is 4.31 Å². The molecule has 2 saturated heterocycles. The van der Waals surface area contributed by atoms with Crippen molar-refractivity contribution < 1.29 is 26.4 Å². The molecule has 1 aromatic carbocycles. The van der Waals surface area contributed by atoms with E-state index in [0.29, 0.717) is 57.8 Å². The van der Waals surface area contributed by atoms with Crippen LogP contribution in [0, 0.1) is 5.92 Å². The van der Waals surface area contributed by atoms with Gasteiger partial charge in [0.15, 0.2) is 0 Å². The molecule has 30 heavy (non-hydrogen) atoms. The zero-order valence-electron chi connectivity index (χ0n) is 17.1. The number of rotatable bonds is 7. The summed E-state index contributed by atoms with van der Waals surface area (Å²) in [6.07, 6.45) is 0.914. The highest BCUT2D eigenvalue weighted by Crippen LogP contribution is 2.23. The molecule has 2 fully saturated rings. The Kier molecular flexibility index (Phi) is 7.51. The van der Waals surface area contributed by atoms with Crippen LogP contribution in [0.2, 0.25) is 0 Å². The van der Waals surface area contributed by atoms with Crippen molar-refractivity contribution in [3.8, 4) is 0 Å². The summed E-state index contributed by atoms with van der Waals surface area (Å²) in [5.74, 6) is -0.406. The molecule has 0 aromatic heterocycles. The Morgan fingerprint density at radius 2 is 1.67 bits per heavy atom. The van der Waals surface area contributed by atoms with Crippen molar-refractivity contribution in [3.63, 3.8) is 0 Å². The second-order valence-electron chi connectivity index (χ2n) is 7.42. The fourth-order valence-corrected chi connectivity index (χ4v) is 6.50. The lowest BCUT2D eigenvalue weighted by molar-refractivity contribution is -0.126. The molecule has 2 heterocycles. The summed E-state index contributed by atoms with van der Waals surface area (Å²) in [6, 6.07) is 6.67. The largest absolute Gasteiger partial charge is 0.379 e. The van der Waals surface area contributed by atoms with E-state index in [-0.39, 0.29) is 29.0 Å². The van der Waals surface area contributed by atoms with Crippen LogP contribution in [0.15, 0.2) is 29.2 Å². The van der Waals surface area contributed by atoms with Crippen LogP contribution in [0.1, 0.15) is 25.3 Å². The van der Waals surface area contributed by atoms with Crippen molar-refractivity contribution >= 4 is 26.0 Å². The van der Waals surface area contributed by atoms with Gasteiger partial charge < -0.3 is 10.1 Å². The first kappa shape index (κ1) is 23.1. The number of ether oxygens (including phenoxy) is 1. The van der Waals surface area contributed by atoms with Crippen LogP contribution < -0.4 is 5.32 Å². The molecule has 1 N–H and O–H groups in total. The molecular formula is C19H29N3O6S2. The van der Waals surface area contributed by atoms with E-state index in [2.05, 4.69) is 5.32 Å². The van der Waals surface area contributed by atoms with E-state index >= 15 is 0 Å². The molecule has 1 amide bonds. The molecule has 9 nitrogen and oxygen atoms in total. The lowest BCUT2D eigenvalue weighted by atomic mass is 9.97. The Bertz CT molecular complexity index is 950. The third-order valence-corrected chi connectivity index (χ3v) is 9.48. The van der Waals surface area contributed by atoms with E-state index in [1.807, 2.05) is 0 Å². The van der Waals surface area contributed by atoms with Gasteiger partial charge in [0, 0.05) is 38.6 Å². The van der Waals surface area contributed by atoms with Crippen molar-refractivity contribution in [2.45, 2.75) is 31.2 Å². The molecule has 2 aliphatic heterocycles. The van der Waals surface area contributed by atoms with Crippen LogP contribution >= 0.6 is 0 Å². The molecule has 0 unspecified atom stereocenters. The van der Waals surface area contributed by atoms with Gasteiger partial charge in [-0.3, -0.25) is 4.79 Å². The van der Waals surface area contributed by atoms with Crippen molar-refractivity contribution in [1.82, 2.24) is 13.9 Å². The average molecular weight is 460 g/mol. The normalized spacial score (nSPS) is 20.2. The van der Waals surface area contributed by atoms with Gasteiger partial charge in [0.25, 0.3) is 0 Å². The topological polar surface area (TPSA) is 113 Å². The van der Waals surface area contributed by atoms with Crippen molar-refractivity contribution in [2.24, 2.45) is 5.92 Å². The predicted octanol–water partition coefficient (Wildman–Crippen LogP) is 0.385. The molecule has 2 aliphatic rings. The molecule has 168 valence electrons. The summed E-state index contributed by atoms with van der Waals surface area (Å²) in [7, 11) is -6.90. The molecule has 0 saturated carbocycles. The van der Waals surface area contributed by atoms with E-state index in [4.69, 9.17) is 4.74 Å². The van der Waals surface area contributed by atoms with Gasteiger partial charge in [-0.15, -0.1) is 0 Å². The highest BCUT2D eigenvalue weighted by atomic mass is 32.2. The number of sulfonamides is 2. The average Bonchev–Trinajstić information content (AvgIpc) is 2.78. The molecular weight excluding hydrogens is 430 g/mol. The van der Waals surface area contributed by atoms with Crippen LogP contribution in [-0.4, -0.2) is 76.5 Å². The molecule has 3 rings (SSSR count). The second-order valence-corrected chi connectivity index (χ2v) is 11.6. The van der Waals surface area contributed by atoms with E-state index in [1.165, 1.54) is 8.61 Å².